The molecule has 1 atom stereocenters. The number of aliphatic carboxylic acids is 1. The van der Waals surface area contributed by atoms with Crippen molar-refractivity contribution in [2.24, 2.45) is 0 Å². The molecule has 1 amide bonds. The van der Waals surface area contributed by atoms with Gasteiger partial charge >= 0.3 is 5.97 Å². The van der Waals surface area contributed by atoms with Gasteiger partial charge in [0.25, 0.3) is 5.91 Å². The van der Waals surface area contributed by atoms with Crippen LogP contribution in [0.25, 0.3) is 5.69 Å². The highest BCUT2D eigenvalue weighted by Crippen LogP contribution is 2.43. The maximum absolute atomic E-state index is 13.1. The van der Waals surface area contributed by atoms with Crippen LogP contribution in [0.3, 0.4) is 0 Å². The Labute approximate surface area is 161 Å². The van der Waals surface area contributed by atoms with Crippen LogP contribution < -0.4 is 0 Å². The van der Waals surface area contributed by atoms with E-state index in [4.69, 9.17) is 16.3 Å². The van der Waals surface area contributed by atoms with Crippen molar-refractivity contribution < 1.29 is 19.4 Å². The van der Waals surface area contributed by atoms with E-state index in [9.17, 15) is 14.7 Å². The van der Waals surface area contributed by atoms with Gasteiger partial charge in [-0.05, 0) is 37.5 Å². The molecule has 1 aromatic heterocycles. The molecular formula is C19H20ClN3O4. The average molecular weight is 390 g/mol. The number of benzene rings is 1. The molecule has 1 saturated carbocycles. The largest absolute Gasteiger partial charge is 0.479 e. The number of rotatable bonds is 4. The van der Waals surface area contributed by atoms with Gasteiger partial charge < -0.3 is 14.7 Å². The fourth-order valence-electron chi connectivity index (χ4n) is 3.35. The van der Waals surface area contributed by atoms with Crippen LogP contribution in [-0.4, -0.2) is 57.5 Å². The van der Waals surface area contributed by atoms with E-state index < -0.39 is 12.1 Å². The van der Waals surface area contributed by atoms with Crippen molar-refractivity contribution >= 4 is 23.5 Å². The molecular weight excluding hydrogens is 370 g/mol. The van der Waals surface area contributed by atoms with Crippen molar-refractivity contribution in [1.82, 2.24) is 14.7 Å². The molecule has 1 aliphatic carbocycles. The lowest BCUT2D eigenvalue weighted by molar-refractivity contribution is -0.154. The third kappa shape index (κ3) is 3.44. The predicted molar refractivity (Wildman–Crippen MR) is 98.6 cm³/mol. The van der Waals surface area contributed by atoms with Crippen molar-refractivity contribution in [1.29, 1.82) is 0 Å². The fourth-order valence-corrected chi connectivity index (χ4v) is 3.52. The summed E-state index contributed by atoms with van der Waals surface area (Å²) in [6.45, 7) is 2.56. The Kier molecular flexibility index (Phi) is 4.65. The van der Waals surface area contributed by atoms with E-state index >= 15 is 0 Å². The number of hydrogen-bond donors (Lipinski definition) is 1. The molecule has 7 nitrogen and oxygen atoms in total. The van der Waals surface area contributed by atoms with Gasteiger partial charge in [-0.2, -0.15) is 5.10 Å². The first kappa shape index (κ1) is 18.0. The first-order chi connectivity index (χ1) is 13.0. The van der Waals surface area contributed by atoms with E-state index in [2.05, 4.69) is 5.10 Å². The van der Waals surface area contributed by atoms with Crippen LogP contribution in [0.5, 0.6) is 0 Å². The number of carbonyl (C=O) groups excluding carboxylic acids is 1. The van der Waals surface area contributed by atoms with Gasteiger partial charge in [-0.1, -0.05) is 17.7 Å². The molecule has 142 valence electrons. The smallest absolute Gasteiger partial charge is 0.334 e. The van der Waals surface area contributed by atoms with Gasteiger partial charge in [0.15, 0.2) is 6.10 Å². The van der Waals surface area contributed by atoms with Gasteiger partial charge in [0.1, 0.15) is 0 Å². The number of carbonyl (C=O) groups is 2. The average Bonchev–Trinajstić information content (AvgIpc) is 3.41. The molecule has 2 fully saturated rings. The van der Waals surface area contributed by atoms with Gasteiger partial charge in [0, 0.05) is 17.5 Å². The summed E-state index contributed by atoms with van der Waals surface area (Å²) >= 11 is 6.26. The van der Waals surface area contributed by atoms with Crippen LogP contribution in [0.2, 0.25) is 5.02 Å². The Balaban J connectivity index is 1.67. The number of carboxylic acid groups (broad SMARTS) is 1. The molecule has 1 aromatic carbocycles. The third-order valence-corrected chi connectivity index (χ3v) is 5.44. The highest BCUT2D eigenvalue weighted by atomic mass is 35.5. The van der Waals surface area contributed by atoms with E-state index in [1.54, 1.807) is 10.9 Å². The van der Waals surface area contributed by atoms with Gasteiger partial charge in [-0.3, -0.25) is 4.79 Å². The highest BCUT2D eigenvalue weighted by molar-refractivity contribution is 6.31. The Hall–Kier alpha value is -2.38. The highest BCUT2D eigenvalue weighted by Gasteiger charge is 2.36. The second kappa shape index (κ2) is 6.98. The van der Waals surface area contributed by atoms with Gasteiger partial charge in [0.05, 0.1) is 36.3 Å². The number of carboxylic acids is 1. The van der Waals surface area contributed by atoms with Crippen LogP contribution in [0.4, 0.5) is 0 Å². The van der Waals surface area contributed by atoms with Gasteiger partial charge in [0.2, 0.25) is 0 Å². The van der Waals surface area contributed by atoms with Crippen molar-refractivity contribution in [2.45, 2.75) is 31.8 Å². The number of aromatic nitrogens is 2. The lowest BCUT2D eigenvalue weighted by Crippen LogP contribution is -2.48. The number of ether oxygens (including phenoxy) is 1. The van der Waals surface area contributed by atoms with Gasteiger partial charge in [-0.25, -0.2) is 9.48 Å². The minimum absolute atomic E-state index is 0.0415. The Morgan fingerprint density at radius 1 is 1.33 bits per heavy atom. The van der Waals surface area contributed by atoms with Crippen LogP contribution in [0.1, 0.15) is 40.4 Å². The fraction of sp³-hybridized carbons (Fsp3) is 0.421. The molecule has 1 aliphatic heterocycles. The SMILES string of the molecule is Cc1ccc(-n2ncc(C(=O)N3CCOC(C(=O)O)C3)c2C2CC2)cc1Cl. The zero-order chi connectivity index (χ0) is 19.1. The Morgan fingerprint density at radius 2 is 2.11 bits per heavy atom. The summed E-state index contributed by atoms with van der Waals surface area (Å²) in [7, 11) is 0. The molecule has 2 aliphatic rings. The van der Waals surface area contributed by atoms with Crippen LogP contribution in [0.15, 0.2) is 24.4 Å². The third-order valence-electron chi connectivity index (χ3n) is 5.03. The molecule has 2 aromatic rings. The van der Waals surface area contributed by atoms with Gasteiger partial charge in [-0.15, -0.1) is 0 Å². The van der Waals surface area contributed by atoms with E-state index in [1.165, 1.54) is 4.90 Å². The summed E-state index contributed by atoms with van der Waals surface area (Å²) < 4.78 is 7.00. The molecule has 1 N–H and O–H groups in total. The second-order valence-corrected chi connectivity index (χ2v) is 7.42. The van der Waals surface area contributed by atoms with E-state index in [-0.39, 0.29) is 25.0 Å². The van der Waals surface area contributed by atoms with Crippen molar-refractivity contribution in [2.75, 3.05) is 19.7 Å². The van der Waals surface area contributed by atoms with Crippen LogP contribution in [0, 0.1) is 6.92 Å². The van der Waals surface area contributed by atoms with Crippen LogP contribution in [-0.2, 0) is 9.53 Å². The first-order valence-electron chi connectivity index (χ1n) is 8.94. The summed E-state index contributed by atoms with van der Waals surface area (Å²) in [6, 6.07) is 5.71. The number of halogens is 1. The van der Waals surface area contributed by atoms with E-state index in [1.807, 2.05) is 25.1 Å². The molecule has 2 heterocycles. The molecule has 8 heteroatoms. The second-order valence-electron chi connectivity index (χ2n) is 7.01. The molecule has 4 rings (SSSR count). The molecule has 1 saturated heterocycles. The summed E-state index contributed by atoms with van der Waals surface area (Å²) in [5.74, 6) is -0.973. The number of morpholine rings is 1. The van der Waals surface area contributed by atoms with Crippen LogP contribution >= 0.6 is 11.6 Å². The quantitative estimate of drug-likeness (QED) is 0.868. The normalized spacial score (nSPS) is 19.9. The number of nitrogens with zero attached hydrogens (tertiary/aromatic N) is 3. The Morgan fingerprint density at radius 3 is 2.78 bits per heavy atom. The molecule has 0 spiro atoms. The predicted octanol–water partition coefficient (Wildman–Crippen LogP) is 2.64. The molecule has 27 heavy (non-hydrogen) atoms. The maximum Gasteiger partial charge on any atom is 0.334 e. The van der Waals surface area contributed by atoms with Crippen molar-refractivity contribution in [3.05, 3.63) is 46.2 Å². The minimum Gasteiger partial charge on any atom is -0.479 e. The zero-order valence-corrected chi connectivity index (χ0v) is 15.6. The number of aryl methyl sites for hydroxylation is 1. The first-order valence-corrected chi connectivity index (χ1v) is 9.31. The Bertz CT molecular complexity index is 906. The summed E-state index contributed by atoms with van der Waals surface area (Å²) in [4.78, 5) is 25.8. The molecule has 0 radical (unpaired) electrons. The molecule has 0 bridgehead atoms. The lowest BCUT2D eigenvalue weighted by Gasteiger charge is -2.30. The van der Waals surface area contributed by atoms with E-state index in [0.717, 1.165) is 29.8 Å². The lowest BCUT2D eigenvalue weighted by atomic mass is 10.1. The summed E-state index contributed by atoms with van der Waals surface area (Å²) in [5.41, 5.74) is 3.19. The standard InChI is InChI=1S/C19H20ClN3O4/c1-11-2-5-13(8-15(11)20)23-17(12-3-4-12)14(9-21-23)18(24)22-6-7-27-16(10-22)19(25)26/h2,5,8-9,12,16H,3-4,6-7,10H2,1H3,(H,25,26). The number of hydrogen-bond acceptors (Lipinski definition) is 4. The van der Waals surface area contributed by atoms with Crippen molar-refractivity contribution in [3.8, 4) is 5.69 Å². The number of amides is 1. The maximum atomic E-state index is 13.1. The topological polar surface area (TPSA) is 84.7 Å². The summed E-state index contributed by atoms with van der Waals surface area (Å²) in [5, 5.41) is 14.3. The van der Waals surface area contributed by atoms with Crippen molar-refractivity contribution in [3.63, 3.8) is 0 Å². The van der Waals surface area contributed by atoms with E-state index in [0.29, 0.717) is 17.1 Å². The monoisotopic (exact) mass is 389 g/mol. The summed E-state index contributed by atoms with van der Waals surface area (Å²) in [6.07, 6.45) is 2.60. The molecule has 1 unspecified atom stereocenters. The zero-order valence-electron chi connectivity index (χ0n) is 14.9. The minimum atomic E-state index is -1.06.